The van der Waals surface area contributed by atoms with Gasteiger partial charge in [-0.05, 0) is 71.1 Å². The molecule has 1 atom stereocenters. The third-order valence-corrected chi connectivity index (χ3v) is 5.97. The minimum atomic E-state index is -4.57. The molecule has 0 aliphatic carbocycles. The van der Waals surface area contributed by atoms with E-state index in [2.05, 4.69) is 0 Å². The van der Waals surface area contributed by atoms with Gasteiger partial charge in [-0.1, -0.05) is 30.3 Å². The van der Waals surface area contributed by atoms with Gasteiger partial charge >= 0.3 is 6.18 Å². The van der Waals surface area contributed by atoms with Crippen molar-refractivity contribution in [3.63, 3.8) is 0 Å². The van der Waals surface area contributed by atoms with Crippen molar-refractivity contribution in [2.24, 2.45) is 5.73 Å². The summed E-state index contributed by atoms with van der Waals surface area (Å²) in [6, 6.07) is 15.4. The van der Waals surface area contributed by atoms with Crippen molar-refractivity contribution in [3.05, 3.63) is 88.7 Å². The maximum Gasteiger partial charge on any atom is 0.416 e. The Labute approximate surface area is 195 Å². The molecule has 2 N–H and O–H groups in total. The van der Waals surface area contributed by atoms with Crippen molar-refractivity contribution < 1.29 is 31.8 Å². The number of methoxy groups -OCH3 is 1. The van der Waals surface area contributed by atoms with Gasteiger partial charge in [-0.2, -0.15) is 13.2 Å². The van der Waals surface area contributed by atoms with Gasteiger partial charge in [0, 0.05) is 0 Å². The number of fused-ring (bicyclic) bond motifs is 1. The van der Waals surface area contributed by atoms with Crippen LogP contribution in [0.4, 0.5) is 17.6 Å². The molecule has 34 heavy (non-hydrogen) atoms. The van der Waals surface area contributed by atoms with E-state index in [4.69, 9.17) is 19.9 Å². The van der Waals surface area contributed by atoms with Gasteiger partial charge in [0.2, 0.25) is 0 Å². The third-order valence-electron chi connectivity index (χ3n) is 5.97. The number of ether oxygens (including phenoxy) is 3. The molecule has 4 nitrogen and oxygen atoms in total. The molecular weight excluding hydrogens is 450 g/mol. The number of hydrogen-bond acceptors (Lipinski definition) is 4. The monoisotopic (exact) mass is 475 g/mol. The van der Waals surface area contributed by atoms with Gasteiger partial charge in [0.15, 0.2) is 11.6 Å². The summed E-state index contributed by atoms with van der Waals surface area (Å²) in [7, 11) is 1.32. The van der Waals surface area contributed by atoms with E-state index >= 15 is 0 Å². The van der Waals surface area contributed by atoms with Gasteiger partial charge in [0.25, 0.3) is 0 Å². The summed E-state index contributed by atoms with van der Waals surface area (Å²) in [6.45, 7) is 0.863. The van der Waals surface area contributed by atoms with Crippen LogP contribution in [-0.4, -0.2) is 20.3 Å². The standard InChI is InChI=1S/C26H25F4NO3/c1-32-24-7-6-18(13-23(24)27)20-10-17(11-21(12-20)26(28,29)30)14-33-16-25(8-9-31)22-5-3-2-4-19(22)15-34-25/h2-7,10-13H,8-9,14-16,31H2,1H3. The van der Waals surface area contributed by atoms with Crippen molar-refractivity contribution in [1.82, 2.24) is 0 Å². The fraction of sp³-hybridized carbons (Fsp3) is 0.308. The Kier molecular flexibility index (Phi) is 6.93. The van der Waals surface area contributed by atoms with Gasteiger partial charge < -0.3 is 19.9 Å². The fourth-order valence-corrected chi connectivity index (χ4v) is 4.30. The van der Waals surface area contributed by atoms with E-state index in [1.807, 2.05) is 24.3 Å². The molecule has 0 fully saturated rings. The minimum absolute atomic E-state index is 0.0151. The van der Waals surface area contributed by atoms with Gasteiger partial charge in [0.1, 0.15) is 5.60 Å². The lowest BCUT2D eigenvalue weighted by Crippen LogP contribution is -2.34. The van der Waals surface area contributed by atoms with Crippen LogP contribution in [0.3, 0.4) is 0 Å². The topological polar surface area (TPSA) is 53.7 Å². The average Bonchev–Trinajstić information content (AvgIpc) is 3.17. The van der Waals surface area contributed by atoms with Crippen molar-refractivity contribution in [2.45, 2.75) is 31.4 Å². The number of hydrogen-bond donors (Lipinski definition) is 1. The molecule has 0 spiro atoms. The van der Waals surface area contributed by atoms with Crippen molar-refractivity contribution in [2.75, 3.05) is 20.3 Å². The molecular formula is C26H25F4NO3. The minimum Gasteiger partial charge on any atom is -0.494 e. The van der Waals surface area contributed by atoms with Gasteiger partial charge in [-0.3, -0.25) is 0 Å². The molecule has 8 heteroatoms. The van der Waals surface area contributed by atoms with Crippen LogP contribution in [0.5, 0.6) is 5.75 Å². The first-order chi connectivity index (χ1) is 16.3. The SMILES string of the molecule is COc1ccc(-c2cc(COCC3(CCN)OCc4ccccc43)cc(C(F)(F)F)c2)cc1F. The Morgan fingerprint density at radius 2 is 1.82 bits per heavy atom. The molecule has 0 amide bonds. The van der Waals surface area contributed by atoms with Crippen LogP contribution in [0.2, 0.25) is 0 Å². The molecule has 0 bridgehead atoms. The van der Waals surface area contributed by atoms with Crippen molar-refractivity contribution in [1.29, 1.82) is 0 Å². The predicted molar refractivity (Wildman–Crippen MR) is 120 cm³/mol. The van der Waals surface area contributed by atoms with Crippen LogP contribution in [0, 0.1) is 5.82 Å². The number of rotatable bonds is 8. The lowest BCUT2D eigenvalue weighted by Gasteiger charge is -2.29. The molecule has 1 unspecified atom stereocenters. The first kappa shape index (κ1) is 24.2. The zero-order valence-corrected chi connectivity index (χ0v) is 18.6. The van der Waals surface area contributed by atoms with E-state index in [0.717, 1.165) is 29.3 Å². The molecule has 0 saturated heterocycles. The smallest absolute Gasteiger partial charge is 0.416 e. The fourth-order valence-electron chi connectivity index (χ4n) is 4.30. The van der Waals surface area contributed by atoms with Gasteiger partial charge in [-0.15, -0.1) is 0 Å². The summed E-state index contributed by atoms with van der Waals surface area (Å²) in [6.07, 6.45) is -4.05. The molecule has 1 aliphatic heterocycles. The second-order valence-corrected chi connectivity index (χ2v) is 8.24. The van der Waals surface area contributed by atoms with Crippen molar-refractivity contribution >= 4 is 0 Å². The Hall–Kier alpha value is -2.94. The molecule has 0 saturated carbocycles. The predicted octanol–water partition coefficient (Wildman–Crippen LogP) is 5.81. The molecule has 0 radical (unpaired) electrons. The van der Waals surface area contributed by atoms with Crippen LogP contribution in [0.1, 0.15) is 28.7 Å². The summed E-state index contributed by atoms with van der Waals surface area (Å²) in [5.74, 6) is -0.641. The van der Waals surface area contributed by atoms with Crippen LogP contribution in [-0.2, 0) is 34.5 Å². The first-order valence-electron chi connectivity index (χ1n) is 10.8. The summed E-state index contributed by atoms with van der Waals surface area (Å²) in [4.78, 5) is 0. The van der Waals surface area contributed by atoms with Crippen LogP contribution in [0.15, 0.2) is 60.7 Å². The Morgan fingerprint density at radius 1 is 1.03 bits per heavy atom. The van der Waals surface area contributed by atoms with Crippen LogP contribution >= 0.6 is 0 Å². The quantitative estimate of drug-likeness (QED) is 0.418. The van der Waals surface area contributed by atoms with E-state index < -0.39 is 23.2 Å². The lowest BCUT2D eigenvalue weighted by molar-refractivity contribution is -0.137. The van der Waals surface area contributed by atoms with E-state index in [9.17, 15) is 17.6 Å². The van der Waals surface area contributed by atoms with Crippen LogP contribution < -0.4 is 10.5 Å². The summed E-state index contributed by atoms with van der Waals surface area (Å²) in [5.41, 5.74) is 7.12. The normalized spacial score (nSPS) is 17.6. The van der Waals surface area contributed by atoms with E-state index in [-0.39, 0.29) is 24.5 Å². The van der Waals surface area contributed by atoms with E-state index in [1.165, 1.54) is 19.2 Å². The molecule has 1 aliphatic rings. The second-order valence-electron chi connectivity index (χ2n) is 8.24. The molecule has 3 aromatic carbocycles. The zero-order valence-electron chi connectivity index (χ0n) is 18.6. The van der Waals surface area contributed by atoms with E-state index in [0.29, 0.717) is 30.7 Å². The number of nitrogens with two attached hydrogens (primary N) is 1. The molecule has 1 heterocycles. The average molecular weight is 475 g/mol. The zero-order chi connectivity index (χ0) is 24.3. The Morgan fingerprint density at radius 3 is 2.53 bits per heavy atom. The van der Waals surface area contributed by atoms with Crippen LogP contribution in [0.25, 0.3) is 11.1 Å². The van der Waals surface area contributed by atoms with E-state index in [1.54, 1.807) is 6.07 Å². The second kappa shape index (κ2) is 9.74. The number of benzene rings is 3. The van der Waals surface area contributed by atoms with Gasteiger partial charge in [0.05, 0.1) is 32.5 Å². The highest BCUT2D eigenvalue weighted by molar-refractivity contribution is 5.66. The number of halogens is 4. The van der Waals surface area contributed by atoms with Gasteiger partial charge in [-0.25, -0.2) is 4.39 Å². The maximum absolute atomic E-state index is 14.2. The first-order valence-corrected chi connectivity index (χ1v) is 10.8. The summed E-state index contributed by atoms with van der Waals surface area (Å²) >= 11 is 0. The highest BCUT2D eigenvalue weighted by Crippen LogP contribution is 2.40. The number of alkyl halides is 3. The Balaban J connectivity index is 1.59. The third kappa shape index (κ3) is 4.94. The Bertz CT molecular complexity index is 1160. The molecule has 4 rings (SSSR count). The molecule has 0 aromatic heterocycles. The lowest BCUT2D eigenvalue weighted by atomic mass is 9.90. The summed E-state index contributed by atoms with van der Waals surface area (Å²) < 4.78 is 71.8. The van der Waals surface area contributed by atoms with Crippen molar-refractivity contribution in [3.8, 4) is 16.9 Å². The molecule has 180 valence electrons. The highest BCUT2D eigenvalue weighted by atomic mass is 19.4. The molecule has 3 aromatic rings. The maximum atomic E-state index is 14.2. The summed E-state index contributed by atoms with van der Waals surface area (Å²) in [5, 5.41) is 0. The highest BCUT2D eigenvalue weighted by Gasteiger charge is 2.39. The largest absolute Gasteiger partial charge is 0.494 e.